The van der Waals surface area contributed by atoms with Crippen LogP contribution in [0.1, 0.15) is 97.2 Å². The van der Waals surface area contributed by atoms with Crippen molar-refractivity contribution in [3.05, 3.63) is 69.4 Å². The summed E-state index contributed by atoms with van der Waals surface area (Å²) in [7, 11) is 0. The standard InChI is InChI=1S/C32H37N3O/c1-19(2)12-22-15-26-27(16-23(22)13-21-10-11-35(18-21)24-6-5-7-24)32(3,4)31-29(30(26)36)25-9-8-20(17-33)14-28(25)34-31/h8-9,14-16,19,21,24,34H,5-7,10-13,18H2,1-4H3. The molecule has 4 heteroatoms. The molecule has 1 saturated heterocycles. The monoisotopic (exact) mass is 479 g/mol. The van der Waals surface area contributed by atoms with E-state index in [0.29, 0.717) is 17.4 Å². The minimum atomic E-state index is -0.316. The van der Waals surface area contributed by atoms with Crippen molar-refractivity contribution in [3.8, 4) is 6.07 Å². The van der Waals surface area contributed by atoms with Gasteiger partial charge in [-0.15, -0.1) is 0 Å². The van der Waals surface area contributed by atoms with E-state index < -0.39 is 0 Å². The van der Waals surface area contributed by atoms with Crippen molar-refractivity contribution in [1.82, 2.24) is 9.88 Å². The number of likely N-dealkylation sites (tertiary alicyclic amines) is 1. The fourth-order valence-corrected chi connectivity index (χ4v) is 6.88. The highest BCUT2D eigenvalue weighted by Gasteiger charge is 2.40. The second kappa shape index (κ2) is 8.60. The predicted octanol–water partition coefficient (Wildman–Crippen LogP) is 6.53. The van der Waals surface area contributed by atoms with Crippen LogP contribution in [0.5, 0.6) is 0 Å². The summed E-state index contributed by atoms with van der Waals surface area (Å²) >= 11 is 0. The molecule has 2 fully saturated rings. The van der Waals surface area contributed by atoms with Crippen LogP contribution in [0.25, 0.3) is 10.9 Å². The van der Waals surface area contributed by atoms with Crippen LogP contribution in [0.15, 0.2) is 30.3 Å². The van der Waals surface area contributed by atoms with Gasteiger partial charge in [-0.2, -0.15) is 5.26 Å². The molecular weight excluding hydrogens is 442 g/mol. The van der Waals surface area contributed by atoms with Crippen LogP contribution in [-0.4, -0.2) is 34.8 Å². The molecule has 1 aliphatic heterocycles. The quantitative estimate of drug-likeness (QED) is 0.453. The molecule has 186 valence electrons. The van der Waals surface area contributed by atoms with E-state index in [1.807, 2.05) is 18.2 Å². The summed E-state index contributed by atoms with van der Waals surface area (Å²) in [5.74, 6) is 1.35. The number of ketones is 1. The van der Waals surface area contributed by atoms with Crippen molar-refractivity contribution in [2.24, 2.45) is 11.8 Å². The normalized spacial score (nSPS) is 21.4. The van der Waals surface area contributed by atoms with Crippen LogP contribution in [0.3, 0.4) is 0 Å². The number of nitriles is 1. The lowest BCUT2D eigenvalue weighted by Crippen LogP contribution is -2.38. The first-order valence-corrected chi connectivity index (χ1v) is 13.8. The molecular formula is C32H37N3O. The number of hydrogen-bond donors (Lipinski definition) is 1. The van der Waals surface area contributed by atoms with Crippen LogP contribution in [-0.2, 0) is 18.3 Å². The van der Waals surface area contributed by atoms with Gasteiger partial charge in [0.05, 0.1) is 17.2 Å². The van der Waals surface area contributed by atoms with E-state index in [2.05, 4.69) is 55.8 Å². The Kier molecular flexibility index (Phi) is 5.61. The molecule has 4 nitrogen and oxygen atoms in total. The number of benzene rings is 2. The Balaban J connectivity index is 1.42. The molecule has 2 aliphatic carbocycles. The Morgan fingerprint density at radius 2 is 1.94 bits per heavy atom. The Hall–Kier alpha value is -2.90. The van der Waals surface area contributed by atoms with Crippen LogP contribution >= 0.6 is 0 Å². The largest absolute Gasteiger partial charge is 0.357 e. The zero-order valence-corrected chi connectivity index (χ0v) is 22.1. The summed E-state index contributed by atoms with van der Waals surface area (Å²) in [6, 6.07) is 13.3. The highest BCUT2D eigenvalue weighted by atomic mass is 16.1. The summed E-state index contributed by atoms with van der Waals surface area (Å²) in [6.45, 7) is 11.5. The van der Waals surface area contributed by atoms with Gasteiger partial charge in [-0.05, 0) is 85.4 Å². The molecule has 0 spiro atoms. The average molecular weight is 480 g/mol. The summed E-state index contributed by atoms with van der Waals surface area (Å²) in [5.41, 5.74) is 7.72. The first-order chi connectivity index (χ1) is 17.3. The molecule has 1 N–H and O–H groups in total. The van der Waals surface area contributed by atoms with Crippen molar-refractivity contribution in [3.63, 3.8) is 0 Å². The maximum Gasteiger partial charge on any atom is 0.195 e. The maximum absolute atomic E-state index is 14.0. The number of fused-ring (bicyclic) bond motifs is 4. The smallest absolute Gasteiger partial charge is 0.195 e. The van der Waals surface area contributed by atoms with Crippen molar-refractivity contribution < 1.29 is 4.79 Å². The topological polar surface area (TPSA) is 59.9 Å². The minimum Gasteiger partial charge on any atom is -0.357 e. The Morgan fingerprint density at radius 1 is 1.14 bits per heavy atom. The number of rotatable bonds is 5. The summed E-state index contributed by atoms with van der Waals surface area (Å²) < 4.78 is 0. The summed E-state index contributed by atoms with van der Waals surface area (Å²) in [4.78, 5) is 20.3. The molecule has 1 saturated carbocycles. The average Bonchev–Trinajstić information content (AvgIpc) is 3.41. The van der Waals surface area contributed by atoms with Gasteiger partial charge in [-0.1, -0.05) is 46.2 Å². The van der Waals surface area contributed by atoms with E-state index in [1.54, 1.807) is 0 Å². The van der Waals surface area contributed by atoms with Crippen LogP contribution in [0.4, 0.5) is 0 Å². The zero-order valence-electron chi connectivity index (χ0n) is 22.1. The highest BCUT2D eigenvalue weighted by Crippen LogP contribution is 2.45. The number of carbonyl (C=O) groups is 1. The lowest BCUT2D eigenvalue weighted by molar-refractivity contribution is 0.103. The third-order valence-electron chi connectivity index (χ3n) is 9.08. The molecule has 0 radical (unpaired) electrons. The second-order valence-electron chi connectivity index (χ2n) is 12.4. The molecule has 6 rings (SSSR count). The van der Waals surface area contributed by atoms with Crippen molar-refractivity contribution >= 4 is 16.7 Å². The molecule has 2 heterocycles. The Morgan fingerprint density at radius 3 is 2.64 bits per heavy atom. The van der Waals surface area contributed by atoms with E-state index in [9.17, 15) is 10.1 Å². The van der Waals surface area contributed by atoms with Gasteiger partial charge in [-0.25, -0.2) is 0 Å². The van der Waals surface area contributed by atoms with Crippen molar-refractivity contribution in [2.75, 3.05) is 13.1 Å². The number of nitrogens with one attached hydrogen (secondary N) is 1. The SMILES string of the molecule is CC(C)Cc1cc2c(cc1CC1CCN(C3CCC3)C1)C(C)(C)c1[nH]c3cc(C#N)ccc3c1C2=O. The van der Waals surface area contributed by atoms with Gasteiger partial charge in [0.2, 0.25) is 0 Å². The molecule has 2 aromatic carbocycles. The van der Waals surface area contributed by atoms with Gasteiger partial charge in [0.25, 0.3) is 0 Å². The van der Waals surface area contributed by atoms with E-state index >= 15 is 0 Å². The van der Waals surface area contributed by atoms with E-state index in [0.717, 1.165) is 52.2 Å². The molecule has 3 aliphatic rings. The van der Waals surface area contributed by atoms with Gasteiger partial charge >= 0.3 is 0 Å². The van der Waals surface area contributed by atoms with Gasteiger partial charge < -0.3 is 9.88 Å². The molecule has 1 unspecified atom stereocenters. The van der Waals surface area contributed by atoms with Crippen LogP contribution in [0, 0.1) is 23.2 Å². The fraction of sp³-hybridized carbons (Fsp3) is 0.500. The van der Waals surface area contributed by atoms with Gasteiger partial charge in [0, 0.05) is 40.2 Å². The maximum atomic E-state index is 14.0. The molecule has 0 amide bonds. The lowest BCUT2D eigenvalue weighted by atomic mass is 9.69. The Bertz CT molecular complexity index is 1400. The third-order valence-corrected chi connectivity index (χ3v) is 9.08. The molecule has 1 atom stereocenters. The number of H-pyrrole nitrogens is 1. The number of hydrogen-bond acceptors (Lipinski definition) is 3. The van der Waals surface area contributed by atoms with Gasteiger partial charge in [-0.3, -0.25) is 4.79 Å². The van der Waals surface area contributed by atoms with Crippen molar-refractivity contribution in [2.45, 2.75) is 77.7 Å². The zero-order chi connectivity index (χ0) is 25.2. The Labute approximate surface area is 214 Å². The number of carbonyl (C=O) groups excluding carboxylic acids is 1. The predicted molar refractivity (Wildman–Crippen MR) is 145 cm³/mol. The van der Waals surface area contributed by atoms with Gasteiger partial charge in [0.1, 0.15) is 0 Å². The van der Waals surface area contributed by atoms with Crippen molar-refractivity contribution in [1.29, 1.82) is 5.26 Å². The van der Waals surface area contributed by atoms with E-state index in [1.165, 1.54) is 49.9 Å². The second-order valence-corrected chi connectivity index (χ2v) is 12.4. The molecule has 36 heavy (non-hydrogen) atoms. The molecule has 0 bridgehead atoms. The minimum absolute atomic E-state index is 0.115. The van der Waals surface area contributed by atoms with Crippen LogP contribution < -0.4 is 0 Å². The fourth-order valence-electron chi connectivity index (χ4n) is 6.88. The number of aromatic nitrogens is 1. The van der Waals surface area contributed by atoms with Gasteiger partial charge in [0.15, 0.2) is 5.78 Å². The van der Waals surface area contributed by atoms with E-state index in [-0.39, 0.29) is 11.2 Å². The summed E-state index contributed by atoms with van der Waals surface area (Å²) in [6.07, 6.45) is 7.54. The third kappa shape index (κ3) is 3.71. The lowest BCUT2D eigenvalue weighted by Gasteiger charge is -2.35. The van der Waals surface area contributed by atoms with E-state index in [4.69, 9.17) is 0 Å². The first-order valence-electron chi connectivity index (χ1n) is 13.8. The number of aromatic amines is 1. The first kappa shape index (κ1) is 23.5. The summed E-state index contributed by atoms with van der Waals surface area (Å²) in [5, 5.41) is 10.3. The highest BCUT2D eigenvalue weighted by molar-refractivity contribution is 6.20. The molecule has 3 aromatic rings. The number of nitrogens with zero attached hydrogens (tertiary/aromatic N) is 2. The van der Waals surface area contributed by atoms with Crippen LogP contribution in [0.2, 0.25) is 0 Å². The molecule has 1 aromatic heterocycles.